The van der Waals surface area contributed by atoms with Gasteiger partial charge in [-0.05, 0) is 5.56 Å². The zero-order valence-corrected chi connectivity index (χ0v) is 17.1. The summed E-state index contributed by atoms with van der Waals surface area (Å²) in [6, 6.07) is 10.5. The molecule has 2 saturated heterocycles. The number of halogens is 4. The first-order valence-electron chi connectivity index (χ1n) is 10.1. The fourth-order valence-corrected chi connectivity index (χ4v) is 4.22. The standard InChI is InChI=1S/C22H24F4N4O/c1-27-22(28-10-15-20(25)16(23)9-17(24)21(15)26)30-12-18-19(13-30)31-8-7-29(18)11-14-5-3-2-4-6-14/h2-6,9,18-19H,7-8,10-13H2,1H3,(H,27,28). The first-order valence-corrected chi connectivity index (χ1v) is 10.1. The molecule has 0 bridgehead atoms. The van der Waals surface area contributed by atoms with Crippen molar-refractivity contribution in [3.63, 3.8) is 0 Å². The molecule has 2 unspecified atom stereocenters. The van der Waals surface area contributed by atoms with Crippen LogP contribution in [0.2, 0.25) is 0 Å². The van der Waals surface area contributed by atoms with Crippen LogP contribution in [0.5, 0.6) is 0 Å². The normalized spacial score (nSPS) is 22.0. The summed E-state index contributed by atoms with van der Waals surface area (Å²) in [5.74, 6) is -5.28. The molecule has 2 atom stereocenters. The molecule has 4 rings (SSSR count). The Bertz CT molecular complexity index is 930. The highest BCUT2D eigenvalue weighted by Crippen LogP contribution is 2.25. The number of guanidine groups is 1. The van der Waals surface area contributed by atoms with Crippen LogP contribution >= 0.6 is 0 Å². The molecular weight excluding hydrogens is 412 g/mol. The fraction of sp³-hybridized carbons (Fsp3) is 0.409. The molecule has 0 spiro atoms. The van der Waals surface area contributed by atoms with E-state index in [1.807, 2.05) is 23.1 Å². The largest absolute Gasteiger partial charge is 0.373 e. The van der Waals surface area contributed by atoms with E-state index in [-0.39, 0.29) is 18.2 Å². The van der Waals surface area contributed by atoms with Crippen molar-refractivity contribution in [1.29, 1.82) is 0 Å². The Balaban J connectivity index is 1.44. The lowest BCUT2D eigenvalue weighted by atomic mass is 10.1. The number of fused-ring (bicyclic) bond motifs is 1. The van der Waals surface area contributed by atoms with Gasteiger partial charge in [0.15, 0.2) is 29.2 Å². The Hall–Kier alpha value is -2.65. The Morgan fingerprint density at radius 3 is 2.48 bits per heavy atom. The van der Waals surface area contributed by atoms with E-state index in [4.69, 9.17) is 4.74 Å². The van der Waals surface area contributed by atoms with Crippen molar-refractivity contribution in [3.05, 3.63) is 70.8 Å². The van der Waals surface area contributed by atoms with Crippen molar-refractivity contribution in [2.24, 2.45) is 4.99 Å². The van der Waals surface area contributed by atoms with Crippen molar-refractivity contribution in [2.75, 3.05) is 33.3 Å². The summed E-state index contributed by atoms with van der Waals surface area (Å²) in [7, 11) is 1.55. The molecule has 31 heavy (non-hydrogen) atoms. The first-order chi connectivity index (χ1) is 15.0. The van der Waals surface area contributed by atoms with Crippen molar-refractivity contribution in [1.82, 2.24) is 15.1 Å². The number of benzene rings is 2. The summed E-state index contributed by atoms with van der Waals surface area (Å²) in [5, 5.41) is 2.83. The second-order valence-corrected chi connectivity index (χ2v) is 7.69. The molecule has 0 amide bonds. The van der Waals surface area contributed by atoms with Gasteiger partial charge in [-0.1, -0.05) is 30.3 Å². The topological polar surface area (TPSA) is 40.1 Å². The molecule has 0 aromatic heterocycles. The van der Waals surface area contributed by atoms with Gasteiger partial charge in [0, 0.05) is 51.4 Å². The van der Waals surface area contributed by atoms with Crippen LogP contribution in [0, 0.1) is 23.3 Å². The van der Waals surface area contributed by atoms with Crippen molar-refractivity contribution in [2.45, 2.75) is 25.2 Å². The molecule has 2 aliphatic rings. The predicted molar refractivity (Wildman–Crippen MR) is 108 cm³/mol. The van der Waals surface area contributed by atoms with E-state index in [9.17, 15) is 17.6 Å². The second-order valence-electron chi connectivity index (χ2n) is 7.69. The number of ether oxygens (including phenoxy) is 1. The van der Waals surface area contributed by atoms with Crippen LogP contribution in [-0.4, -0.2) is 61.2 Å². The zero-order chi connectivity index (χ0) is 22.0. The predicted octanol–water partition coefficient (Wildman–Crippen LogP) is 2.90. The smallest absolute Gasteiger partial charge is 0.194 e. The highest BCUT2D eigenvalue weighted by molar-refractivity contribution is 5.80. The second kappa shape index (κ2) is 9.23. The van der Waals surface area contributed by atoms with E-state index in [2.05, 4.69) is 27.3 Å². The molecule has 0 saturated carbocycles. The van der Waals surface area contributed by atoms with Crippen molar-refractivity contribution < 1.29 is 22.3 Å². The minimum atomic E-state index is -1.43. The quantitative estimate of drug-likeness (QED) is 0.346. The van der Waals surface area contributed by atoms with E-state index in [1.165, 1.54) is 5.56 Å². The monoisotopic (exact) mass is 436 g/mol. The lowest BCUT2D eigenvalue weighted by molar-refractivity contribution is -0.0502. The first kappa shape index (κ1) is 21.6. The number of nitrogens with zero attached hydrogens (tertiary/aromatic N) is 3. The Kier molecular flexibility index (Phi) is 6.43. The summed E-state index contributed by atoms with van der Waals surface area (Å²) in [6.45, 7) is 2.95. The van der Waals surface area contributed by atoms with Crippen LogP contribution in [0.4, 0.5) is 17.6 Å². The number of nitrogens with one attached hydrogen (secondary N) is 1. The van der Waals surface area contributed by atoms with Crippen molar-refractivity contribution in [3.8, 4) is 0 Å². The lowest BCUT2D eigenvalue weighted by Crippen LogP contribution is -2.50. The molecule has 0 aliphatic carbocycles. The van der Waals surface area contributed by atoms with Gasteiger partial charge in [0.2, 0.25) is 0 Å². The van der Waals surface area contributed by atoms with Crippen LogP contribution in [-0.2, 0) is 17.8 Å². The van der Waals surface area contributed by atoms with E-state index >= 15 is 0 Å². The Labute approximate surface area is 178 Å². The van der Waals surface area contributed by atoms with Gasteiger partial charge in [0.1, 0.15) is 0 Å². The fourth-order valence-electron chi connectivity index (χ4n) is 4.22. The van der Waals surface area contributed by atoms with Gasteiger partial charge < -0.3 is 15.0 Å². The van der Waals surface area contributed by atoms with E-state index in [0.29, 0.717) is 25.7 Å². The van der Waals surface area contributed by atoms with E-state index in [0.717, 1.165) is 13.1 Å². The van der Waals surface area contributed by atoms with Crippen LogP contribution in [0.1, 0.15) is 11.1 Å². The lowest BCUT2D eigenvalue weighted by Gasteiger charge is -2.36. The molecule has 1 N–H and O–H groups in total. The molecule has 2 aromatic carbocycles. The van der Waals surface area contributed by atoms with Gasteiger partial charge in [-0.15, -0.1) is 0 Å². The molecule has 2 fully saturated rings. The maximum absolute atomic E-state index is 14.0. The summed E-state index contributed by atoms with van der Waals surface area (Å²) in [6.07, 6.45) is -0.0314. The number of likely N-dealkylation sites (tertiary alicyclic amines) is 1. The summed E-state index contributed by atoms with van der Waals surface area (Å²) >= 11 is 0. The average Bonchev–Trinajstić information content (AvgIpc) is 3.21. The van der Waals surface area contributed by atoms with Crippen LogP contribution < -0.4 is 5.32 Å². The molecule has 166 valence electrons. The maximum atomic E-state index is 14.0. The van der Waals surface area contributed by atoms with Crippen molar-refractivity contribution >= 4 is 5.96 Å². The van der Waals surface area contributed by atoms with Gasteiger partial charge >= 0.3 is 0 Å². The highest BCUT2D eigenvalue weighted by Gasteiger charge is 2.41. The van der Waals surface area contributed by atoms with Gasteiger partial charge in [-0.2, -0.15) is 0 Å². The molecule has 2 heterocycles. The number of rotatable bonds is 4. The summed E-state index contributed by atoms with van der Waals surface area (Å²) < 4.78 is 60.8. The number of hydrogen-bond acceptors (Lipinski definition) is 3. The third-order valence-corrected chi connectivity index (χ3v) is 5.78. The van der Waals surface area contributed by atoms with Crippen LogP contribution in [0.3, 0.4) is 0 Å². The number of morpholine rings is 1. The third-order valence-electron chi connectivity index (χ3n) is 5.78. The van der Waals surface area contributed by atoms with Gasteiger partial charge in [-0.25, -0.2) is 17.6 Å². The minimum Gasteiger partial charge on any atom is -0.373 e. The summed E-state index contributed by atoms with van der Waals surface area (Å²) in [5.41, 5.74) is 0.514. The molecule has 9 heteroatoms. The van der Waals surface area contributed by atoms with E-state index < -0.39 is 35.4 Å². The number of hydrogen-bond donors (Lipinski definition) is 1. The van der Waals surface area contributed by atoms with Gasteiger partial charge in [0.05, 0.1) is 18.8 Å². The zero-order valence-electron chi connectivity index (χ0n) is 17.1. The molecule has 0 radical (unpaired) electrons. The summed E-state index contributed by atoms with van der Waals surface area (Å²) in [4.78, 5) is 8.48. The van der Waals surface area contributed by atoms with Gasteiger partial charge in [0.25, 0.3) is 0 Å². The van der Waals surface area contributed by atoms with Crippen LogP contribution in [0.25, 0.3) is 0 Å². The molecule has 2 aromatic rings. The SMILES string of the molecule is CN=C(NCc1c(F)c(F)cc(F)c1F)N1CC2OCCN(Cc3ccccc3)C2C1. The minimum absolute atomic E-state index is 0.0314. The average molecular weight is 436 g/mol. The van der Waals surface area contributed by atoms with Crippen LogP contribution in [0.15, 0.2) is 41.4 Å². The third kappa shape index (κ3) is 4.52. The molecule has 5 nitrogen and oxygen atoms in total. The molecular formula is C22H24F4N4O. The van der Waals surface area contributed by atoms with E-state index in [1.54, 1.807) is 7.05 Å². The van der Waals surface area contributed by atoms with Gasteiger partial charge in [-0.3, -0.25) is 9.89 Å². The Morgan fingerprint density at radius 2 is 1.81 bits per heavy atom. The molecule has 2 aliphatic heterocycles. The highest BCUT2D eigenvalue weighted by atomic mass is 19.2. The Morgan fingerprint density at radius 1 is 1.10 bits per heavy atom. The number of aliphatic imine (C=N–C) groups is 1. The maximum Gasteiger partial charge on any atom is 0.194 e.